The van der Waals surface area contributed by atoms with Gasteiger partial charge in [-0.2, -0.15) is 10.5 Å². The smallest absolute Gasteiger partial charge is 0.145 e. The summed E-state index contributed by atoms with van der Waals surface area (Å²) in [6.07, 6.45) is 0.972. The molecule has 0 amide bonds. The maximum atomic E-state index is 7.91. The van der Waals surface area contributed by atoms with Crippen LogP contribution in [0.25, 0.3) is 0 Å². The van der Waals surface area contributed by atoms with Crippen LogP contribution in [0.5, 0.6) is 0 Å². The minimum atomic E-state index is -0.0556. The van der Waals surface area contributed by atoms with Crippen LogP contribution in [0.15, 0.2) is 11.8 Å². The summed E-state index contributed by atoms with van der Waals surface area (Å²) in [5.41, 5.74) is 4.73. The van der Waals surface area contributed by atoms with Crippen molar-refractivity contribution in [3.63, 3.8) is 0 Å². The SMILES string of the molecule is N#CC(C#N)=CN.[Na]. The Hall–Kier alpha value is -0.480. The van der Waals surface area contributed by atoms with Gasteiger partial charge in [0.2, 0.25) is 0 Å². The molecule has 0 heterocycles. The molecule has 0 aliphatic rings. The van der Waals surface area contributed by atoms with Crippen LogP contribution in [0.3, 0.4) is 0 Å². The molecule has 2 N–H and O–H groups in total. The molecule has 0 aromatic heterocycles. The van der Waals surface area contributed by atoms with Crippen molar-refractivity contribution < 1.29 is 0 Å². The van der Waals surface area contributed by atoms with E-state index in [0.29, 0.717) is 0 Å². The summed E-state index contributed by atoms with van der Waals surface area (Å²) in [4.78, 5) is 0. The monoisotopic (exact) mass is 116 g/mol. The van der Waals surface area contributed by atoms with E-state index in [2.05, 4.69) is 0 Å². The number of nitrogens with zero attached hydrogens (tertiary/aromatic N) is 2. The van der Waals surface area contributed by atoms with Crippen molar-refractivity contribution >= 4 is 29.6 Å². The molecule has 0 fully saturated rings. The van der Waals surface area contributed by atoms with E-state index in [1.807, 2.05) is 0 Å². The predicted octanol–water partition coefficient (Wildman–Crippen LogP) is -0.505. The molecule has 1 radical (unpaired) electrons. The third kappa shape index (κ3) is 3.70. The van der Waals surface area contributed by atoms with Gasteiger partial charge in [-0.25, -0.2) is 0 Å². The summed E-state index contributed by atoms with van der Waals surface area (Å²) < 4.78 is 0. The average Bonchev–Trinajstić information content (AvgIpc) is 1.72. The molecular weight excluding hydrogens is 113 g/mol. The summed E-state index contributed by atoms with van der Waals surface area (Å²) in [6, 6.07) is 3.15. The van der Waals surface area contributed by atoms with E-state index in [0.717, 1.165) is 6.20 Å². The van der Waals surface area contributed by atoms with E-state index in [4.69, 9.17) is 16.3 Å². The Kier molecular flexibility index (Phi) is 8.55. The molecule has 0 atom stereocenters. The van der Waals surface area contributed by atoms with Gasteiger partial charge < -0.3 is 5.73 Å². The molecule has 0 aromatic rings. The minimum Gasteiger partial charge on any atom is -0.403 e. The Morgan fingerprint density at radius 2 is 1.75 bits per heavy atom. The van der Waals surface area contributed by atoms with Crippen LogP contribution in [0.4, 0.5) is 0 Å². The van der Waals surface area contributed by atoms with Gasteiger partial charge in [0.15, 0.2) is 0 Å². The van der Waals surface area contributed by atoms with Gasteiger partial charge in [0.05, 0.1) is 0 Å². The van der Waals surface area contributed by atoms with E-state index in [9.17, 15) is 0 Å². The molecule has 35 valence electrons. The first-order valence-corrected chi connectivity index (χ1v) is 1.57. The molecule has 0 aliphatic carbocycles. The van der Waals surface area contributed by atoms with E-state index in [1.54, 1.807) is 12.1 Å². The fourth-order valence-electron chi connectivity index (χ4n) is 0.0995. The van der Waals surface area contributed by atoms with Gasteiger partial charge in [-0.15, -0.1) is 0 Å². The minimum absolute atomic E-state index is 0. The second-order valence-corrected chi connectivity index (χ2v) is 0.804. The second kappa shape index (κ2) is 6.52. The van der Waals surface area contributed by atoms with Crippen molar-refractivity contribution in [2.75, 3.05) is 0 Å². The molecular formula is C4H3N3Na. The van der Waals surface area contributed by atoms with Crippen LogP contribution in [0.2, 0.25) is 0 Å². The zero-order chi connectivity index (χ0) is 5.70. The quantitative estimate of drug-likeness (QED) is 0.342. The maximum Gasteiger partial charge on any atom is 0.145 e. The first-order valence-electron chi connectivity index (χ1n) is 1.57. The van der Waals surface area contributed by atoms with Crippen LogP contribution in [-0.4, -0.2) is 29.6 Å². The zero-order valence-electron chi connectivity index (χ0n) is 4.55. The first-order chi connectivity index (χ1) is 3.35. The molecule has 0 aliphatic heterocycles. The van der Waals surface area contributed by atoms with Gasteiger partial charge in [0, 0.05) is 35.8 Å². The standard InChI is InChI=1S/C4H3N3.Na/c5-1-4(2-6)3-7;/h1H,5H2;. The maximum absolute atomic E-state index is 7.91. The van der Waals surface area contributed by atoms with Crippen molar-refractivity contribution in [3.8, 4) is 12.1 Å². The second-order valence-electron chi connectivity index (χ2n) is 0.804. The van der Waals surface area contributed by atoms with Crippen LogP contribution in [0, 0.1) is 22.7 Å². The van der Waals surface area contributed by atoms with Gasteiger partial charge in [-0.1, -0.05) is 0 Å². The Balaban J connectivity index is 0. The van der Waals surface area contributed by atoms with Gasteiger partial charge >= 0.3 is 0 Å². The van der Waals surface area contributed by atoms with Crippen LogP contribution in [0.1, 0.15) is 0 Å². The van der Waals surface area contributed by atoms with E-state index in [-0.39, 0.29) is 35.1 Å². The molecule has 0 aromatic carbocycles. The van der Waals surface area contributed by atoms with Gasteiger partial charge in [0.1, 0.15) is 17.7 Å². The number of hydrogen-bond acceptors (Lipinski definition) is 3. The van der Waals surface area contributed by atoms with Crippen molar-refractivity contribution in [2.45, 2.75) is 0 Å². The zero-order valence-corrected chi connectivity index (χ0v) is 6.55. The topological polar surface area (TPSA) is 73.6 Å². The molecule has 4 heteroatoms. The van der Waals surface area contributed by atoms with E-state index in [1.165, 1.54) is 0 Å². The summed E-state index contributed by atoms with van der Waals surface area (Å²) in [5, 5.41) is 15.8. The molecule has 0 saturated carbocycles. The largest absolute Gasteiger partial charge is 0.403 e. The molecule has 3 nitrogen and oxygen atoms in total. The molecule has 0 unspecified atom stereocenters. The Labute approximate surface area is 69.7 Å². The number of allylic oxidation sites excluding steroid dienone is 1. The fraction of sp³-hybridized carbons (Fsp3) is 0. The van der Waals surface area contributed by atoms with Gasteiger partial charge in [0.25, 0.3) is 0 Å². The van der Waals surface area contributed by atoms with Crippen LogP contribution in [-0.2, 0) is 0 Å². The molecule has 8 heavy (non-hydrogen) atoms. The molecule has 0 saturated heterocycles. The van der Waals surface area contributed by atoms with Gasteiger partial charge in [-0.3, -0.25) is 0 Å². The normalized spacial score (nSPS) is 4.75. The molecule has 0 spiro atoms. The number of rotatable bonds is 0. The van der Waals surface area contributed by atoms with E-state index < -0.39 is 0 Å². The Bertz CT molecular complexity index is 143. The van der Waals surface area contributed by atoms with Crippen LogP contribution < -0.4 is 5.73 Å². The predicted molar refractivity (Wildman–Crippen MR) is 29.3 cm³/mol. The van der Waals surface area contributed by atoms with Crippen LogP contribution >= 0.6 is 0 Å². The summed E-state index contributed by atoms with van der Waals surface area (Å²) in [7, 11) is 0. The summed E-state index contributed by atoms with van der Waals surface area (Å²) >= 11 is 0. The molecule has 0 rings (SSSR count). The Morgan fingerprint density at radius 1 is 1.38 bits per heavy atom. The third-order valence-corrected chi connectivity index (χ3v) is 0.408. The number of nitrogens with two attached hydrogens (primary N) is 1. The fourth-order valence-corrected chi connectivity index (χ4v) is 0.0995. The van der Waals surface area contributed by atoms with Crippen molar-refractivity contribution in [3.05, 3.63) is 11.8 Å². The molecule has 0 bridgehead atoms. The third-order valence-electron chi connectivity index (χ3n) is 0.408. The van der Waals surface area contributed by atoms with Crippen molar-refractivity contribution in [1.82, 2.24) is 0 Å². The Morgan fingerprint density at radius 3 is 1.75 bits per heavy atom. The summed E-state index contributed by atoms with van der Waals surface area (Å²) in [5.74, 6) is 0. The first kappa shape index (κ1) is 10.5. The van der Waals surface area contributed by atoms with Crippen molar-refractivity contribution in [2.24, 2.45) is 5.73 Å². The van der Waals surface area contributed by atoms with Crippen molar-refractivity contribution in [1.29, 1.82) is 10.5 Å². The van der Waals surface area contributed by atoms with Gasteiger partial charge in [-0.05, 0) is 0 Å². The van der Waals surface area contributed by atoms with E-state index >= 15 is 0 Å². The average molecular weight is 116 g/mol. The number of nitriles is 2. The summed E-state index contributed by atoms with van der Waals surface area (Å²) in [6.45, 7) is 0. The number of hydrogen-bond donors (Lipinski definition) is 1.